The van der Waals surface area contributed by atoms with Gasteiger partial charge in [0.15, 0.2) is 0 Å². The van der Waals surface area contributed by atoms with Gasteiger partial charge in [0.1, 0.15) is 5.76 Å². The molecule has 0 spiro atoms. The fourth-order valence-corrected chi connectivity index (χ4v) is 2.36. The Kier molecular flexibility index (Phi) is 4.14. The zero-order valence-corrected chi connectivity index (χ0v) is 13.0. The average Bonchev–Trinajstić information content (AvgIpc) is 3.15. The van der Waals surface area contributed by atoms with Crippen molar-refractivity contribution in [1.29, 1.82) is 0 Å². The maximum Gasteiger partial charge on any atom is 0.319 e. The first-order valence-corrected chi connectivity index (χ1v) is 7.33. The van der Waals surface area contributed by atoms with Gasteiger partial charge in [0.2, 0.25) is 0 Å². The van der Waals surface area contributed by atoms with Gasteiger partial charge in [-0.2, -0.15) is 5.10 Å². The van der Waals surface area contributed by atoms with E-state index >= 15 is 0 Å². The van der Waals surface area contributed by atoms with Crippen LogP contribution in [0.25, 0.3) is 5.69 Å². The van der Waals surface area contributed by atoms with Gasteiger partial charge in [0.25, 0.3) is 0 Å². The number of hydrogen-bond acceptors (Lipinski definition) is 3. The highest BCUT2D eigenvalue weighted by Crippen LogP contribution is 2.16. The van der Waals surface area contributed by atoms with Gasteiger partial charge in [-0.25, -0.2) is 9.48 Å². The van der Waals surface area contributed by atoms with Crippen LogP contribution in [0.5, 0.6) is 0 Å². The van der Waals surface area contributed by atoms with Gasteiger partial charge in [-0.3, -0.25) is 0 Å². The van der Waals surface area contributed by atoms with Crippen molar-refractivity contribution in [3.8, 4) is 5.69 Å². The number of rotatable bonds is 4. The van der Waals surface area contributed by atoms with Crippen molar-refractivity contribution < 1.29 is 9.21 Å². The molecular formula is C17H18N4O2. The van der Waals surface area contributed by atoms with E-state index in [1.165, 1.54) is 0 Å². The van der Waals surface area contributed by atoms with Crippen LogP contribution in [0.3, 0.4) is 0 Å². The van der Waals surface area contributed by atoms with Gasteiger partial charge < -0.3 is 15.1 Å². The number of carbonyl (C=O) groups is 1. The van der Waals surface area contributed by atoms with Crippen LogP contribution in [0.4, 0.5) is 10.5 Å². The van der Waals surface area contributed by atoms with Crippen LogP contribution in [-0.4, -0.2) is 15.8 Å². The predicted molar refractivity (Wildman–Crippen MR) is 87.6 cm³/mol. The standard InChI is InChI=1S/C17H18N4O2/c1-12-9-13(2)21(20-12)15-6-3-5-14(10-15)19-17(22)18-11-16-7-4-8-23-16/h3-10H,11H2,1-2H3,(H2,18,19,22). The van der Waals surface area contributed by atoms with Gasteiger partial charge in [-0.15, -0.1) is 0 Å². The molecule has 0 atom stereocenters. The summed E-state index contributed by atoms with van der Waals surface area (Å²) < 4.78 is 7.02. The Hall–Kier alpha value is -3.02. The highest BCUT2D eigenvalue weighted by Gasteiger charge is 2.07. The van der Waals surface area contributed by atoms with E-state index in [1.54, 1.807) is 12.3 Å². The van der Waals surface area contributed by atoms with Crippen LogP contribution in [0.1, 0.15) is 17.1 Å². The van der Waals surface area contributed by atoms with Gasteiger partial charge in [-0.1, -0.05) is 6.07 Å². The van der Waals surface area contributed by atoms with Gasteiger partial charge in [0, 0.05) is 11.4 Å². The molecule has 0 aliphatic carbocycles. The summed E-state index contributed by atoms with van der Waals surface area (Å²) >= 11 is 0. The SMILES string of the molecule is Cc1cc(C)n(-c2cccc(NC(=O)NCc3ccco3)c2)n1. The molecular weight excluding hydrogens is 292 g/mol. The molecule has 0 radical (unpaired) electrons. The first kappa shape index (κ1) is 14.9. The molecule has 3 aromatic rings. The molecule has 0 bridgehead atoms. The average molecular weight is 310 g/mol. The monoisotopic (exact) mass is 310 g/mol. The molecule has 2 heterocycles. The Labute approximate surface area is 134 Å². The number of anilines is 1. The van der Waals surface area contributed by atoms with E-state index in [4.69, 9.17) is 4.42 Å². The molecule has 0 unspecified atom stereocenters. The van der Waals surface area contributed by atoms with Crippen molar-refractivity contribution in [3.05, 3.63) is 65.9 Å². The van der Waals surface area contributed by atoms with Gasteiger partial charge in [0.05, 0.1) is 24.2 Å². The van der Waals surface area contributed by atoms with E-state index in [0.29, 0.717) is 18.0 Å². The quantitative estimate of drug-likeness (QED) is 0.775. The molecule has 118 valence electrons. The lowest BCUT2D eigenvalue weighted by molar-refractivity contribution is 0.251. The lowest BCUT2D eigenvalue weighted by Crippen LogP contribution is -2.28. The molecule has 0 saturated carbocycles. The second kappa shape index (κ2) is 6.39. The van der Waals surface area contributed by atoms with Crippen molar-refractivity contribution in [2.75, 3.05) is 5.32 Å². The van der Waals surface area contributed by atoms with Crippen LogP contribution in [-0.2, 0) is 6.54 Å². The maximum absolute atomic E-state index is 11.9. The molecule has 0 aliphatic heterocycles. The van der Waals surface area contributed by atoms with Crippen molar-refractivity contribution >= 4 is 11.7 Å². The van der Waals surface area contributed by atoms with E-state index in [9.17, 15) is 4.79 Å². The number of furan rings is 1. The number of carbonyl (C=O) groups excluding carboxylic acids is 1. The van der Waals surface area contributed by atoms with E-state index in [2.05, 4.69) is 15.7 Å². The summed E-state index contributed by atoms with van der Waals surface area (Å²) in [4.78, 5) is 11.9. The number of hydrogen-bond donors (Lipinski definition) is 2. The Morgan fingerprint density at radius 3 is 2.78 bits per heavy atom. The number of nitrogens with zero attached hydrogens (tertiary/aromatic N) is 2. The van der Waals surface area contributed by atoms with Gasteiger partial charge in [-0.05, 0) is 50.2 Å². The number of amides is 2. The first-order valence-electron chi connectivity index (χ1n) is 7.33. The lowest BCUT2D eigenvalue weighted by atomic mass is 10.2. The first-order chi connectivity index (χ1) is 11.1. The van der Waals surface area contributed by atoms with Crippen LogP contribution in [0.15, 0.2) is 53.1 Å². The predicted octanol–water partition coefficient (Wildman–Crippen LogP) is 3.40. The maximum atomic E-state index is 11.9. The molecule has 6 heteroatoms. The number of aryl methyl sites for hydroxylation is 2. The molecule has 2 N–H and O–H groups in total. The summed E-state index contributed by atoms with van der Waals surface area (Å²) in [5.74, 6) is 0.705. The summed E-state index contributed by atoms with van der Waals surface area (Å²) in [6.07, 6.45) is 1.58. The molecule has 0 saturated heterocycles. The molecule has 6 nitrogen and oxygen atoms in total. The van der Waals surface area contributed by atoms with E-state index in [0.717, 1.165) is 17.1 Å². The van der Waals surface area contributed by atoms with Crippen molar-refractivity contribution in [1.82, 2.24) is 15.1 Å². The number of nitrogens with one attached hydrogen (secondary N) is 2. The van der Waals surface area contributed by atoms with E-state index < -0.39 is 0 Å². The number of aromatic nitrogens is 2. The molecule has 0 fully saturated rings. The molecule has 23 heavy (non-hydrogen) atoms. The zero-order chi connectivity index (χ0) is 16.2. The molecule has 0 aliphatic rings. The summed E-state index contributed by atoms with van der Waals surface area (Å²) in [5, 5.41) is 10.00. The Bertz CT molecular complexity index is 806. The van der Waals surface area contributed by atoms with E-state index in [-0.39, 0.29) is 6.03 Å². The third kappa shape index (κ3) is 3.60. The lowest BCUT2D eigenvalue weighted by Gasteiger charge is -2.09. The smallest absolute Gasteiger partial charge is 0.319 e. The normalized spacial score (nSPS) is 10.5. The largest absolute Gasteiger partial charge is 0.467 e. The molecule has 2 aromatic heterocycles. The van der Waals surface area contributed by atoms with Crippen LogP contribution in [0.2, 0.25) is 0 Å². The van der Waals surface area contributed by atoms with Crippen LogP contribution < -0.4 is 10.6 Å². The van der Waals surface area contributed by atoms with Crippen LogP contribution >= 0.6 is 0 Å². The minimum Gasteiger partial charge on any atom is -0.467 e. The Balaban J connectivity index is 1.67. The fourth-order valence-electron chi connectivity index (χ4n) is 2.36. The second-order valence-electron chi connectivity index (χ2n) is 5.28. The Morgan fingerprint density at radius 1 is 1.22 bits per heavy atom. The summed E-state index contributed by atoms with van der Waals surface area (Å²) in [7, 11) is 0. The third-order valence-electron chi connectivity index (χ3n) is 3.36. The molecule has 1 aromatic carbocycles. The molecule has 2 amide bonds. The Morgan fingerprint density at radius 2 is 2.09 bits per heavy atom. The summed E-state index contributed by atoms with van der Waals surface area (Å²) in [5.41, 5.74) is 3.60. The molecule has 3 rings (SSSR count). The van der Waals surface area contributed by atoms with Crippen LogP contribution in [0, 0.1) is 13.8 Å². The fraction of sp³-hybridized carbons (Fsp3) is 0.176. The minimum atomic E-state index is -0.285. The minimum absolute atomic E-state index is 0.285. The summed E-state index contributed by atoms with van der Waals surface area (Å²) in [6.45, 7) is 4.29. The highest BCUT2D eigenvalue weighted by atomic mass is 16.3. The summed E-state index contributed by atoms with van der Waals surface area (Å²) in [6, 6.07) is 12.9. The number of urea groups is 1. The van der Waals surface area contributed by atoms with Gasteiger partial charge >= 0.3 is 6.03 Å². The highest BCUT2D eigenvalue weighted by molar-refractivity contribution is 5.89. The number of benzene rings is 1. The topological polar surface area (TPSA) is 72.1 Å². The zero-order valence-electron chi connectivity index (χ0n) is 13.0. The van der Waals surface area contributed by atoms with E-state index in [1.807, 2.05) is 54.9 Å². The third-order valence-corrected chi connectivity index (χ3v) is 3.36. The van der Waals surface area contributed by atoms with Crippen molar-refractivity contribution in [2.24, 2.45) is 0 Å². The second-order valence-corrected chi connectivity index (χ2v) is 5.28. The van der Waals surface area contributed by atoms with Crippen molar-refractivity contribution in [3.63, 3.8) is 0 Å². The van der Waals surface area contributed by atoms with Crippen molar-refractivity contribution in [2.45, 2.75) is 20.4 Å².